The van der Waals surface area contributed by atoms with Crippen LogP contribution in [0.5, 0.6) is 5.75 Å². The van der Waals surface area contributed by atoms with Gasteiger partial charge in [-0.25, -0.2) is 8.42 Å². The molecular weight excluding hydrogens is 352 g/mol. The summed E-state index contributed by atoms with van der Waals surface area (Å²) in [4.78, 5) is 4.31. The van der Waals surface area contributed by atoms with E-state index in [1.165, 1.54) is 12.1 Å². The van der Waals surface area contributed by atoms with E-state index in [1.807, 2.05) is 24.3 Å². The van der Waals surface area contributed by atoms with Gasteiger partial charge in [-0.1, -0.05) is 36.4 Å². The fourth-order valence-corrected chi connectivity index (χ4v) is 3.75. The maximum Gasteiger partial charge on any atom is 0.233 e. The lowest BCUT2D eigenvalue weighted by molar-refractivity contribution is 0.414. The monoisotopic (exact) mass is 370 g/mol. The number of ether oxygens (including phenoxy) is 1. The number of rotatable bonds is 6. The Hall–Kier alpha value is -3.06. The number of sulfone groups is 1. The molecule has 0 radical (unpaired) electrons. The van der Waals surface area contributed by atoms with Gasteiger partial charge >= 0.3 is 0 Å². The maximum atomic E-state index is 12.8. The smallest absolute Gasteiger partial charge is 0.233 e. The average Bonchev–Trinajstić information content (AvgIpc) is 3.11. The Morgan fingerprint density at radius 2 is 1.73 bits per heavy atom. The first kappa shape index (κ1) is 17.8. The number of methoxy groups -OCH3 is 1. The van der Waals surface area contributed by atoms with Gasteiger partial charge in [-0.05, 0) is 24.3 Å². The van der Waals surface area contributed by atoms with Crippen molar-refractivity contribution in [3.8, 4) is 5.75 Å². The van der Waals surface area contributed by atoms with Crippen LogP contribution in [-0.2, 0) is 9.84 Å². The molecule has 0 amide bonds. The molecule has 7 heteroatoms. The minimum absolute atomic E-state index is 0.0912. The van der Waals surface area contributed by atoms with Gasteiger partial charge in [0.2, 0.25) is 26.6 Å². The van der Waals surface area contributed by atoms with Crippen molar-refractivity contribution >= 4 is 27.9 Å². The number of benzene rings is 2. The highest BCUT2D eigenvalue weighted by Gasteiger charge is 2.26. The van der Waals surface area contributed by atoms with E-state index in [9.17, 15) is 8.42 Å². The van der Waals surface area contributed by atoms with Crippen molar-refractivity contribution in [3.05, 3.63) is 66.1 Å². The summed E-state index contributed by atoms with van der Waals surface area (Å²) < 4.78 is 36.4. The first-order valence-electron chi connectivity index (χ1n) is 7.86. The van der Waals surface area contributed by atoms with Crippen LogP contribution in [0, 0.1) is 0 Å². The Balaban J connectivity index is 1.99. The number of nitrogens with zero attached hydrogens (tertiary/aromatic N) is 1. The second-order valence-corrected chi connectivity index (χ2v) is 7.19. The Labute approximate surface area is 152 Å². The summed E-state index contributed by atoms with van der Waals surface area (Å²) in [5, 5.41) is 2.60. The summed E-state index contributed by atoms with van der Waals surface area (Å²) in [6.07, 6.45) is 3.35. The Bertz CT molecular complexity index is 1020. The first-order chi connectivity index (χ1) is 12.6. The number of oxazole rings is 1. The van der Waals surface area contributed by atoms with Crippen molar-refractivity contribution in [2.24, 2.45) is 0 Å². The SMILES string of the molecule is CNc1oc(C=Cc2ccccc2OC)nc1S(=O)(=O)c1ccccc1. The molecule has 3 rings (SSSR count). The van der Waals surface area contributed by atoms with Crippen LogP contribution >= 0.6 is 0 Å². The zero-order valence-electron chi connectivity index (χ0n) is 14.3. The predicted octanol–water partition coefficient (Wildman–Crippen LogP) is 3.73. The average molecular weight is 370 g/mol. The maximum absolute atomic E-state index is 12.8. The van der Waals surface area contributed by atoms with E-state index in [2.05, 4.69) is 10.3 Å². The highest BCUT2D eigenvalue weighted by molar-refractivity contribution is 7.91. The summed E-state index contributed by atoms with van der Waals surface area (Å²) in [6.45, 7) is 0. The lowest BCUT2D eigenvalue weighted by Gasteiger charge is -2.02. The molecule has 0 aliphatic rings. The number of aromatic nitrogens is 1. The van der Waals surface area contributed by atoms with E-state index >= 15 is 0 Å². The standard InChI is InChI=1S/C19H18N2O4S/c1-20-18-19(26(22,23)15-9-4-3-5-10-15)21-17(25-18)13-12-14-8-6-7-11-16(14)24-2/h3-13,20H,1-2H3. The topological polar surface area (TPSA) is 81.4 Å². The largest absolute Gasteiger partial charge is 0.496 e. The van der Waals surface area contributed by atoms with Crippen molar-refractivity contribution < 1.29 is 17.6 Å². The number of hydrogen-bond donors (Lipinski definition) is 1. The fourth-order valence-electron chi connectivity index (χ4n) is 2.41. The van der Waals surface area contributed by atoms with Crippen LogP contribution in [0.15, 0.2) is 68.9 Å². The molecule has 0 spiro atoms. The Kier molecular flexibility index (Phi) is 5.09. The third kappa shape index (κ3) is 3.48. The van der Waals surface area contributed by atoms with Crippen LogP contribution < -0.4 is 10.1 Å². The van der Waals surface area contributed by atoms with Gasteiger partial charge in [0, 0.05) is 18.7 Å². The van der Waals surface area contributed by atoms with Crippen LogP contribution in [0.25, 0.3) is 12.2 Å². The quantitative estimate of drug-likeness (QED) is 0.712. The van der Waals surface area contributed by atoms with Gasteiger partial charge in [0.15, 0.2) is 0 Å². The highest BCUT2D eigenvalue weighted by atomic mass is 32.2. The summed E-state index contributed by atoms with van der Waals surface area (Å²) in [7, 11) is -0.616. The van der Waals surface area contributed by atoms with Gasteiger partial charge in [-0.2, -0.15) is 4.98 Å². The molecule has 0 aliphatic carbocycles. The molecule has 0 saturated carbocycles. The number of nitrogens with one attached hydrogen (secondary N) is 1. The van der Waals surface area contributed by atoms with Crippen molar-refractivity contribution in [2.45, 2.75) is 9.92 Å². The van der Waals surface area contributed by atoms with E-state index in [0.717, 1.165) is 5.56 Å². The van der Waals surface area contributed by atoms with E-state index in [4.69, 9.17) is 9.15 Å². The van der Waals surface area contributed by atoms with Crippen molar-refractivity contribution in [3.63, 3.8) is 0 Å². The van der Waals surface area contributed by atoms with E-state index in [1.54, 1.807) is 44.5 Å². The normalized spacial score (nSPS) is 11.6. The Morgan fingerprint density at radius 3 is 2.42 bits per heavy atom. The number of hydrogen-bond acceptors (Lipinski definition) is 6. The molecule has 1 heterocycles. The molecule has 0 fully saturated rings. The van der Waals surface area contributed by atoms with Gasteiger partial charge in [0.25, 0.3) is 0 Å². The Morgan fingerprint density at radius 1 is 1.04 bits per heavy atom. The summed E-state index contributed by atoms with van der Waals surface area (Å²) in [5.41, 5.74) is 0.826. The molecule has 0 bridgehead atoms. The van der Waals surface area contributed by atoms with Crippen LogP contribution in [0.4, 0.5) is 5.88 Å². The minimum atomic E-state index is -3.78. The lowest BCUT2D eigenvalue weighted by atomic mass is 10.2. The van der Waals surface area contributed by atoms with Gasteiger partial charge in [-0.3, -0.25) is 0 Å². The molecule has 0 unspecified atom stereocenters. The van der Waals surface area contributed by atoms with E-state index in [-0.39, 0.29) is 21.7 Å². The molecule has 2 aromatic carbocycles. The van der Waals surface area contributed by atoms with Crippen LogP contribution in [0.1, 0.15) is 11.5 Å². The van der Waals surface area contributed by atoms with Crippen molar-refractivity contribution in [1.82, 2.24) is 4.98 Å². The molecule has 0 atom stereocenters. The third-order valence-corrected chi connectivity index (χ3v) is 5.37. The van der Waals surface area contributed by atoms with Crippen LogP contribution in [0.3, 0.4) is 0 Å². The first-order valence-corrected chi connectivity index (χ1v) is 9.34. The summed E-state index contributed by atoms with van der Waals surface area (Å²) >= 11 is 0. The molecule has 1 aromatic heterocycles. The molecule has 26 heavy (non-hydrogen) atoms. The second kappa shape index (κ2) is 7.45. The molecule has 6 nitrogen and oxygen atoms in total. The van der Waals surface area contributed by atoms with E-state index < -0.39 is 9.84 Å². The van der Waals surface area contributed by atoms with Gasteiger partial charge in [0.1, 0.15) is 5.75 Å². The van der Waals surface area contributed by atoms with Gasteiger partial charge in [-0.15, -0.1) is 0 Å². The van der Waals surface area contributed by atoms with Crippen LogP contribution in [0.2, 0.25) is 0 Å². The molecule has 134 valence electrons. The zero-order chi connectivity index (χ0) is 18.6. The fraction of sp³-hybridized carbons (Fsp3) is 0.105. The van der Waals surface area contributed by atoms with Gasteiger partial charge < -0.3 is 14.5 Å². The molecular formula is C19H18N2O4S. The molecule has 1 N–H and O–H groups in total. The summed E-state index contributed by atoms with van der Waals surface area (Å²) in [6, 6.07) is 15.6. The van der Waals surface area contributed by atoms with E-state index in [0.29, 0.717) is 5.75 Å². The van der Waals surface area contributed by atoms with Crippen LogP contribution in [-0.4, -0.2) is 27.6 Å². The zero-order valence-corrected chi connectivity index (χ0v) is 15.2. The van der Waals surface area contributed by atoms with Crippen molar-refractivity contribution in [1.29, 1.82) is 0 Å². The number of anilines is 1. The second-order valence-electron chi connectivity index (χ2n) is 5.33. The predicted molar refractivity (Wildman–Crippen MR) is 99.9 cm³/mol. The number of para-hydroxylation sites is 1. The molecule has 0 saturated heterocycles. The molecule has 3 aromatic rings. The lowest BCUT2D eigenvalue weighted by Crippen LogP contribution is -2.05. The minimum Gasteiger partial charge on any atom is -0.496 e. The van der Waals surface area contributed by atoms with Gasteiger partial charge in [0.05, 0.1) is 12.0 Å². The summed E-state index contributed by atoms with van der Waals surface area (Å²) in [5.74, 6) is 0.963. The molecule has 0 aliphatic heterocycles. The highest BCUT2D eigenvalue weighted by Crippen LogP contribution is 2.29. The van der Waals surface area contributed by atoms with Crippen molar-refractivity contribution in [2.75, 3.05) is 19.5 Å². The third-order valence-electron chi connectivity index (χ3n) is 3.69.